The maximum absolute atomic E-state index is 6.96. The molecular formula is C48H83N3O2. The molecule has 1 aliphatic carbocycles. The fourth-order valence-corrected chi connectivity index (χ4v) is 8.15. The van der Waals surface area contributed by atoms with Crippen LogP contribution in [0, 0.1) is 0 Å². The van der Waals surface area contributed by atoms with Gasteiger partial charge >= 0.3 is 0 Å². The lowest BCUT2D eigenvalue weighted by Crippen LogP contribution is -2.36. The zero-order chi connectivity index (χ0) is 37.5. The van der Waals surface area contributed by atoms with E-state index in [9.17, 15) is 0 Å². The van der Waals surface area contributed by atoms with Crippen LogP contribution in [-0.4, -0.2) is 52.5 Å². The number of nitrogens with zero attached hydrogens (tertiary/aromatic N) is 2. The van der Waals surface area contributed by atoms with Gasteiger partial charge in [-0.1, -0.05) is 140 Å². The number of likely N-dealkylation sites (N-methyl/N-ethyl adjacent to an activating group) is 1. The Labute approximate surface area is 327 Å². The van der Waals surface area contributed by atoms with Gasteiger partial charge in [0.15, 0.2) is 5.79 Å². The fraction of sp³-hybridized carbons (Fsp3) is 0.771. The predicted octanol–water partition coefficient (Wildman–Crippen LogP) is 13.9. The Kier molecular flexibility index (Phi) is 26.0. The van der Waals surface area contributed by atoms with E-state index >= 15 is 0 Å². The van der Waals surface area contributed by atoms with Crippen LogP contribution in [0.1, 0.15) is 199 Å². The first-order chi connectivity index (χ1) is 26.2. The monoisotopic (exact) mass is 734 g/mol. The van der Waals surface area contributed by atoms with Crippen molar-refractivity contribution in [2.24, 2.45) is 0 Å². The Balaban J connectivity index is 1.29. The molecule has 5 nitrogen and oxygen atoms in total. The van der Waals surface area contributed by atoms with Gasteiger partial charge in [0.2, 0.25) is 0 Å². The van der Waals surface area contributed by atoms with Crippen LogP contribution in [0.2, 0.25) is 0 Å². The Morgan fingerprint density at radius 2 is 1.06 bits per heavy atom. The lowest BCUT2D eigenvalue weighted by atomic mass is 9.98. The van der Waals surface area contributed by atoms with Gasteiger partial charge in [-0.15, -0.1) is 0 Å². The average Bonchev–Trinajstić information content (AvgIpc) is 3.90. The molecule has 0 unspecified atom stereocenters. The van der Waals surface area contributed by atoms with Gasteiger partial charge in [0.05, 0.1) is 24.2 Å². The lowest BCUT2D eigenvalue weighted by molar-refractivity contribution is -0.193. The van der Waals surface area contributed by atoms with E-state index in [2.05, 4.69) is 84.4 Å². The van der Waals surface area contributed by atoms with E-state index in [1.807, 2.05) is 6.20 Å². The molecule has 2 heterocycles. The Hall–Kier alpha value is -1.95. The zero-order valence-electron chi connectivity index (χ0n) is 34.9. The molecule has 0 spiro atoms. The minimum atomic E-state index is -0.349. The molecule has 5 heteroatoms. The number of hydrogen-bond acceptors (Lipinski definition) is 4. The van der Waals surface area contributed by atoms with Gasteiger partial charge in [0, 0.05) is 38.0 Å². The van der Waals surface area contributed by atoms with Gasteiger partial charge in [-0.05, 0) is 96.9 Å². The molecule has 1 aromatic heterocycles. The third kappa shape index (κ3) is 21.1. The maximum Gasteiger partial charge on any atom is 0.169 e. The van der Waals surface area contributed by atoms with Crippen LogP contribution in [0.25, 0.3) is 0 Å². The molecule has 0 aromatic carbocycles. The minimum absolute atomic E-state index is 0.252. The highest BCUT2D eigenvalue weighted by Gasteiger charge is 2.51. The highest BCUT2D eigenvalue weighted by molar-refractivity contribution is 4.99. The quantitative estimate of drug-likeness (QED) is 0.0566. The van der Waals surface area contributed by atoms with E-state index in [1.54, 1.807) is 6.33 Å². The van der Waals surface area contributed by atoms with Crippen molar-refractivity contribution in [2.45, 2.75) is 224 Å². The third-order valence-electron chi connectivity index (χ3n) is 11.6. The number of aromatic amines is 1. The van der Waals surface area contributed by atoms with Crippen LogP contribution in [-0.2, 0) is 15.9 Å². The van der Waals surface area contributed by atoms with Crippen molar-refractivity contribution in [3.8, 4) is 0 Å². The molecule has 0 radical (unpaired) electrons. The smallest absolute Gasteiger partial charge is 0.169 e. The molecule has 302 valence electrons. The summed E-state index contributed by atoms with van der Waals surface area (Å²) in [6.45, 7) is 5.57. The Bertz CT molecular complexity index is 1030. The molecule has 1 N–H and O–H groups in total. The SMILES string of the molecule is CCCCC/C=C\C/C=C\CCCCCCCCC1(CCCCCCCC/C=C\C/C=C\CCCCC)O[C@H]2C[C@H](N(C)CCc3c[nH]cn3)C[C@H]2O1. The van der Waals surface area contributed by atoms with E-state index < -0.39 is 0 Å². The molecule has 53 heavy (non-hydrogen) atoms. The first-order valence-corrected chi connectivity index (χ1v) is 22.8. The number of imidazole rings is 1. The highest BCUT2D eigenvalue weighted by atomic mass is 16.8. The Morgan fingerprint density at radius 3 is 1.49 bits per heavy atom. The summed E-state index contributed by atoms with van der Waals surface area (Å²) in [5.41, 5.74) is 1.14. The number of hydrogen-bond donors (Lipinski definition) is 1. The van der Waals surface area contributed by atoms with Crippen LogP contribution in [0.3, 0.4) is 0 Å². The highest BCUT2D eigenvalue weighted by Crippen LogP contribution is 2.44. The van der Waals surface area contributed by atoms with Crippen molar-refractivity contribution in [2.75, 3.05) is 13.6 Å². The zero-order valence-corrected chi connectivity index (χ0v) is 34.9. The van der Waals surface area contributed by atoms with Crippen molar-refractivity contribution in [3.63, 3.8) is 0 Å². The van der Waals surface area contributed by atoms with Crippen molar-refractivity contribution >= 4 is 0 Å². The summed E-state index contributed by atoms with van der Waals surface area (Å²) < 4.78 is 13.9. The second kappa shape index (κ2) is 30.3. The predicted molar refractivity (Wildman–Crippen MR) is 228 cm³/mol. The standard InChI is InChI=1S/C48H83N3O2/c1-4-6-8-10-12-14-16-18-20-22-24-26-28-30-32-34-37-48(38-35-33-31-29-27-25-23-21-19-17-15-13-11-9-7-5-2)52-46-40-45(41-47(46)53-48)51(3)39-36-44-42-49-43-50-44/h12-15,18-21,42-43,45-47H,4-11,16-17,22-41H2,1-3H3,(H,49,50)/b14-12-,15-13-,20-18-,21-19-/t45-,46-,47+. The fourth-order valence-electron chi connectivity index (χ4n) is 8.15. The summed E-state index contributed by atoms with van der Waals surface area (Å²) in [6.07, 6.45) is 59.3. The van der Waals surface area contributed by atoms with Crippen LogP contribution in [0.5, 0.6) is 0 Å². The number of H-pyrrole nitrogens is 1. The summed E-state index contributed by atoms with van der Waals surface area (Å²) >= 11 is 0. The number of ether oxygens (including phenoxy) is 2. The maximum atomic E-state index is 6.96. The first-order valence-electron chi connectivity index (χ1n) is 22.8. The minimum Gasteiger partial charge on any atom is -0.351 e. The molecule has 1 saturated heterocycles. The van der Waals surface area contributed by atoms with Crippen LogP contribution < -0.4 is 0 Å². The number of rotatable bonds is 34. The van der Waals surface area contributed by atoms with Crippen LogP contribution in [0.4, 0.5) is 0 Å². The second-order valence-corrected chi connectivity index (χ2v) is 16.3. The lowest BCUT2D eigenvalue weighted by Gasteiger charge is -2.32. The van der Waals surface area contributed by atoms with Gasteiger partial charge in [0.25, 0.3) is 0 Å². The molecule has 1 saturated carbocycles. The molecule has 1 aliphatic heterocycles. The van der Waals surface area contributed by atoms with Crippen molar-refractivity contribution in [1.29, 1.82) is 0 Å². The van der Waals surface area contributed by atoms with Crippen molar-refractivity contribution in [3.05, 3.63) is 66.8 Å². The largest absolute Gasteiger partial charge is 0.351 e. The summed E-state index contributed by atoms with van der Waals surface area (Å²) in [5, 5.41) is 0. The average molecular weight is 734 g/mol. The second-order valence-electron chi connectivity index (χ2n) is 16.3. The number of unbranched alkanes of at least 4 members (excludes halogenated alkanes) is 18. The topological polar surface area (TPSA) is 50.4 Å². The molecule has 3 rings (SSSR count). The van der Waals surface area contributed by atoms with Crippen molar-refractivity contribution in [1.82, 2.24) is 14.9 Å². The van der Waals surface area contributed by atoms with Gasteiger partial charge in [-0.3, -0.25) is 0 Å². The van der Waals surface area contributed by atoms with E-state index in [0.717, 1.165) is 57.2 Å². The summed E-state index contributed by atoms with van der Waals surface area (Å²) in [4.78, 5) is 10.0. The van der Waals surface area contributed by atoms with Gasteiger partial charge < -0.3 is 19.4 Å². The number of fused-ring (bicyclic) bond motifs is 1. The molecule has 0 amide bonds. The summed E-state index contributed by atoms with van der Waals surface area (Å²) in [5.74, 6) is -0.349. The van der Waals surface area contributed by atoms with Crippen LogP contribution >= 0.6 is 0 Å². The van der Waals surface area contributed by atoms with Gasteiger partial charge in [-0.2, -0.15) is 0 Å². The molecule has 2 aliphatic rings. The molecule has 1 aromatic rings. The normalized spacial score (nSPS) is 20.1. The number of nitrogens with one attached hydrogen (secondary N) is 1. The molecule has 0 bridgehead atoms. The van der Waals surface area contributed by atoms with Crippen LogP contribution in [0.15, 0.2) is 61.1 Å². The van der Waals surface area contributed by atoms with E-state index in [0.29, 0.717) is 6.04 Å². The van der Waals surface area contributed by atoms with E-state index in [4.69, 9.17) is 9.47 Å². The van der Waals surface area contributed by atoms with Gasteiger partial charge in [0.1, 0.15) is 0 Å². The van der Waals surface area contributed by atoms with Gasteiger partial charge in [-0.25, -0.2) is 4.98 Å². The Morgan fingerprint density at radius 1 is 0.623 bits per heavy atom. The molecule has 2 fully saturated rings. The number of allylic oxidation sites excluding steroid dienone is 8. The number of aromatic nitrogens is 2. The van der Waals surface area contributed by atoms with E-state index in [1.165, 1.54) is 141 Å². The first kappa shape index (κ1) is 45.4. The summed E-state index contributed by atoms with van der Waals surface area (Å²) in [7, 11) is 2.26. The van der Waals surface area contributed by atoms with E-state index in [-0.39, 0.29) is 18.0 Å². The molecular weight excluding hydrogens is 651 g/mol. The summed E-state index contributed by atoms with van der Waals surface area (Å²) in [6, 6.07) is 0.533. The third-order valence-corrected chi connectivity index (χ3v) is 11.6. The molecule has 3 atom stereocenters. The van der Waals surface area contributed by atoms with Crippen molar-refractivity contribution < 1.29 is 9.47 Å².